The van der Waals surface area contributed by atoms with Crippen molar-refractivity contribution in [1.82, 2.24) is 4.98 Å². The summed E-state index contributed by atoms with van der Waals surface area (Å²) >= 11 is 5.66. The number of hydrogen-bond donors (Lipinski definition) is 0. The van der Waals surface area contributed by atoms with E-state index >= 15 is 0 Å². The zero-order chi connectivity index (χ0) is 11.1. The normalized spacial score (nSPS) is 12.0. The first-order valence-electron chi connectivity index (χ1n) is 4.10. The molecule has 2 aromatic rings. The fourth-order valence-corrected chi connectivity index (χ4v) is 1.69. The first-order valence-corrected chi connectivity index (χ1v) is 4.48. The van der Waals surface area contributed by atoms with Crippen LogP contribution in [0, 0.1) is 0 Å². The molecule has 0 N–H and O–H groups in total. The van der Waals surface area contributed by atoms with Crippen molar-refractivity contribution in [2.75, 3.05) is 0 Å². The van der Waals surface area contributed by atoms with Gasteiger partial charge in [-0.1, -0.05) is 23.7 Å². The minimum Gasteiger partial charge on any atom is -0.244 e. The van der Waals surface area contributed by atoms with E-state index in [1.807, 2.05) is 0 Å². The molecule has 78 valence electrons. The topological polar surface area (TPSA) is 12.9 Å². The molecule has 0 atom stereocenters. The number of fused-ring (bicyclic) bond motifs is 1. The van der Waals surface area contributed by atoms with Crippen molar-refractivity contribution in [3.8, 4) is 0 Å². The summed E-state index contributed by atoms with van der Waals surface area (Å²) in [6.07, 6.45) is -3.03. The summed E-state index contributed by atoms with van der Waals surface area (Å²) in [5.74, 6) is 0. The van der Waals surface area contributed by atoms with Gasteiger partial charge in [0.25, 0.3) is 0 Å². The molecule has 1 aromatic carbocycles. The van der Waals surface area contributed by atoms with E-state index in [9.17, 15) is 13.2 Å². The standard InChI is InChI=1S/C10H5ClF3N/c11-9-8-6(4-5-15-9)2-1-3-7(8)10(12,13)14/h1-5H. The smallest absolute Gasteiger partial charge is 0.244 e. The maximum atomic E-state index is 12.6. The highest BCUT2D eigenvalue weighted by Gasteiger charge is 2.33. The second kappa shape index (κ2) is 3.38. The van der Waals surface area contributed by atoms with E-state index in [2.05, 4.69) is 4.98 Å². The van der Waals surface area contributed by atoms with Crippen molar-refractivity contribution in [3.63, 3.8) is 0 Å². The zero-order valence-corrected chi connectivity index (χ0v) is 8.10. The van der Waals surface area contributed by atoms with Gasteiger partial charge < -0.3 is 0 Å². The van der Waals surface area contributed by atoms with Crippen LogP contribution in [0.3, 0.4) is 0 Å². The predicted octanol–water partition coefficient (Wildman–Crippen LogP) is 3.91. The molecule has 15 heavy (non-hydrogen) atoms. The van der Waals surface area contributed by atoms with Crippen LogP contribution in [-0.4, -0.2) is 4.98 Å². The molecule has 0 aliphatic carbocycles. The van der Waals surface area contributed by atoms with Crippen molar-refractivity contribution in [2.45, 2.75) is 6.18 Å². The largest absolute Gasteiger partial charge is 0.417 e. The molecular formula is C10H5ClF3N. The van der Waals surface area contributed by atoms with Crippen LogP contribution in [0.1, 0.15) is 5.56 Å². The van der Waals surface area contributed by atoms with Crippen LogP contribution in [-0.2, 0) is 6.18 Å². The van der Waals surface area contributed by atoms with E-state index in [1.54, 1.807) is 6.07 Å². The summed E-state index contributed by atoms with van der Waals surface area (Å²) < 4.78 is 37.8. The molecule has 1 aromatic heterocycles. The molecule has 0 aliphatic heterocycles. The second-order valence-corrected chi connectivity index (χ2v) is 3.36. The Kier molecular flexibility index (Phi) is 2.31. The van der Waals surface area contributed by atoms with E-state index in [0.29, 0.717) is 5.39 Å². The third-order valence-electron chi connectivity index (χ3n) is 2.05. The number of rotatable bonds is 0. The van der Waals surface area contributed by atoms with Gasteiger partial charge in [0, 0.05) is 11.6 Å². The summed E-state index contributed by atoms with van der Waals surface area (Å²) in [5.41, 5.74) is -0.752. The highest BCUT2D eigenvalue weighted by Crippen LogP contribution is 2.36. The van der Waals surface area contributed by atoms with Crippen LogP contribution in [0.25, 0.3) is 10.8 Å². The minimum atomic E-state index is -4.41. The monoisotopic (exact) mass is 231 g/mol. The zero-order valence-electron chi connectivity index (χ0n) is 7.35. The summed E-state index contributed by atoms with van der Waals surface area (Å²) in [6.45, 7) is 0. The number of halogens is 4. The highest BCUT2D eigenvalue weighted by molar-refractivity contribution is 6.34. The van der Waals surface area contributed by atoms with Gasteiger partial charge in [-0.2, -0.15) is 13.2 Å². The maximum absolute atomic E-state index is 12.6. The average Bonchev–Trinajstić information content (AvgIpc) is 2.16. The van der Waals surface area contributed by atoms with Crippen molar-refractivity contribution in [1.29, 1.82) is 0 Å². The Morgan fingerprint density at radius 2 is 1.87 bits per heavy atom. The molecule has 0 spiro atoms. The number of benzene rings is 1. The third kappa shape index (κ3) is 1.77. The fourth-order valence-electron chi connectivity index (χ4n) is 1.42. The van der Waals surface area contributed by atoms with E-state index in [1.165, 1.54) is 18.3 Å². The molecule has 0 amide bonds. The van der Waals surface area contributed by atoms with Gasteiger partial charge in [-0.3, -0.25) is 0 Å². The van der Waals surface area contributed by atoms with Crippen LogP contribution in [0.4, 0.5) is 13.2 Å². The first-order chi connectivity index (χ1) is 7.00. The Labute approximate surface area is 88.5 Å². The molecule has 1 heterocycles. The Hall–Kier alpha value is -1.29. The summed E-state index contributed by atoms with van der Waals surface area (Å²) in [5, 5.41) is 0.263. The highest BCUT2D eigenvalue weighted by atomic mass is 35.5. The molecule has 0 radical (unpaired) electrons. The van der Waals surface area contributed by atoms with E-state index in [0.717, 1.165) is 6.07 Å². The summed E-state index contributed by atoms with van der Waals surface area (Å²) in [4.78, 5) is 3.65. The lowest BCUT2D eigenvalue weighted by atomic mass is 10.1. The Balaban J connectivity index is 2.86. The van der Waals surface area contributed by atoms with Crippen molar-refractivity contribution in [3.05, 3.63) is 41.2 Å². The van der Waals surface area contributed by atoms with Crippen molar-refractivity contribution < 1.29 is 13.2 Å². The van der Waals surface area contributed by atoms with E-state index in [-0.39, 0.29) is 10.5 Å². The van der Waals surface area contributed by atoms with Gasteiger partial charge in [-0.25, -0.2) is 4.98 Å². The van der Waals surface area contributed by atoms with Crippen LogP contribution in [0.5, 0.6) is 0 Å². The summed E-state index contributed by atoms with van der Waals surface area (Å²) in [6, 6.07) is 5.41. The lowest BCUT2D eigenvalue weighted by Crippen LogP contribution is -2.05. The van der Waals surface area contributed by atoms with E-state index < -0.39 is 11.7 Å². The SMILES string of the molecule is FC(F)(F)c1cccc2ccnc(Cl)c12. The van der Waals surface area contributed by atoms with Crippen LogP contribution < -0.4 is 0 Å². The number of nitrogens with zero attached hydrogens (tertiary/aromatic N) is 1. The van der Waals surface area contributed by atoms with Crippen molar-refractivity contribution in [2.24, 2.45) is 0 Å². The van der Waals surface area contributed by atoms with Crippen molar-refractivity contribution >= 4 is 22.4 Å². The van der Waals surface area contributed by atoms with Gasteiger partial charge in [0.2, 0.25) is 0 Å². The lowest BCUT2D eigenvalue weighted by Gasteiger charge is -2.10. The Morgan fingerprint density at radius 1 is 1.13 bits per heavy atom. The number of aromatic nitrogens is 1. The van der Waals surface area contributed by atoms with Gasteiger partial charge >= 0.3 is 6.18 Å². The first kappa shape index (κ1) is 10.2. The van der Waals surface area contributed by atoms with Gasteiger partial charge in [0.05, 0.1) is 5.56 Å². The van der Waals surface area contributed by atoms with Gasteiger partial charge in [0.1, 0.15) is 5.15 Å². The minimum absolute atomic E-state index is 0.0471. The van der Waals surface area contributed by atoms with Crippen LogP contribution in [0.15, 0.2) is 30.5 Å². The fraction of sp³-hybridized carbons (Fsp3) is 0.100. The Bertz CT molecular complexity index is 502. The second-order valence-electron chi connectivity index (χ2n) is 3.00. The number of alkyl halides is 3. The molecule has 0 aliphatic rings. The molecule has 1 nitrogen and oxygen atoms in total. The predicted molar refractivity (Wildman–Crippen MR) is 51.8 cm³/mol. The summed E-state index contributed by atoms with van der Waals surface area (Å²) in [7, 11) is 0. The molecule has 2 rings (SSSR count). The molecular weight excluding hydrogens is 227 g/mol. The maximum Gasteiger partial charge on any atom is 0.417 e. The third-order valence-corrected chi connectivity index (χ3v) is 2.34. The number of hydrogen-bond acceptors (Lipinski definition) is 1. The number of pyridine rings is 1. The molecule has 0 saturated carbocycles. The molecule has 5 heteroatoms. The van der Waals surface area contributed by atoms with E-state index in [4.69, 9.17) is 11.6 Å². The molecule has 0 fully saturated rings. The van der Waals surface area contributed by atoms with Crippen LogP contribution >= 0.6 is 11.6 Å². The molecule has 0 bridgehead atoms. The Morgan fingerprint density at radius 3 is 2.53 bits per heavy atom. The van der Waals surface area contributed by atoms with Gasteiger partial charge in [-0.15, -0.1) is 0 Å². The quantitative estimate of drug-likeness (QED) is 0.627. The average molecular weight is 232 g/mol. The van der Waals surface area contributed by atoms with Gasteiger partial charge in [0.15, 0.2) is 0 Å². The van der Waals surface area contributed by atoms with Gasteiger partial charge in [-0.05, 0) is 17.5 Å². The lowest BCUT2D eigenvalue weighted by molar-refractivity contribution is -0.136. The molecule has 0 unspecified atom stereocenters. The molecule has 0 saturated heterocycles. The van der Waals surface area contributed by atoms with Crippen LogP contribution in [0.2, 0.25) is 5.15 Å².